The predicted octanol–water partition coefficient (Wildman–Crippen LogP) is 1.90. The summed E-state index contributed by atoms with van der Waals surface area (Å²) in [6, 6.07) is 5.79. The second-order valence-electron chi connectivity index (χ2n) is 5.55. The molecule has 1 saturated heterocycles. The molecule has 6 nitrogen and oxygen atoms in total. The van der Waals surface area contributed by atoms with Gasteiger partial charge in [-0.25, -0.2) is 0 Å². The summed E-state index contributed by atoms with van der Waals surface area (Å²) < 4.78 is 10.7. The first-order valence-corrected chi connectivity index (χ1v) is 8.10. The molecule has 0 radical (unpaired) electrons. The number of methoxy groups -OCH3 is 2. The fourth-order valence-electron chi connectivity index (χ4n) is 2.72. The number of β-amino-alcohol motifs (C(OH)–C–C–N with tert-alkyl or cyclic N) is 1. The summed E-state index contributed by atoms with van der Waals surface area (Å²) in [7, 11) is 3.33. The standard InChI is InChI=1S/C17H27N3O3.HI/c1-4-18-17(20-10-8-14(21)12-20)19-9-7-13-11-15(22-2)5-6-16(13)23-3;/h5-6,11,14,21H,4,7-10,12H2,1-3H3,(H,18,19);1H/t14-;/m1./s1. The summed E-state index contributed by atoms with van der Waals surface area (Å²) in [5.41, 5.74) is 1.08. The van der Waals surface area contributed by atoms with Crippen LogP contribution in [0.5, 0.6) is 11.5 Å². The zero-order chi connectivity index (χ0) is 16.7. The summed E-state index contributed by atoms with van der Waals surface area (Å²) in [4.78, 5) is 6.79. The Bertz CT molecular complexity index is 540. The Labute approximate surface area is 161 Å². The number of guanidine groups is 1. The molecule has 136 valence electrons. The van der Waals surface area contributed by atoms with Crippen LogP contribution >= 0.6 is 24.0 Å². The zero-order valence-electron chi connectivity index (χ0n) is 14.6. The highest BCUT2D eigenvalue weighted by Crippen LogP contribution is 2.24. The van der Waals surface area contributed by atoms with Gasteiger partial charge in [0, 0.05) is 26.2 Å². The average molecular weight is 449 g/mol. The van der Waals surface area contributed by atoms with Crippen molar-refractivity contribution in [3.05, 3.63) is 23.8 Å². The molecule has 2 rings (SSSR count). The van der Waals surface area contributed by atoms with Gasteiger partial charge in [0.25, 0.3) is 0 Å². The van der Waals surface area contributed by atoms with Crippen molar-refractivity contribution in [2.75, 3.05) is 40.4 Å². The smallest absolute Gasteiger partial charge is 0.194 e. The van der Waals surface area contributed by atoms with E-state index in [4.69, 9.17) is 9.47 Å². The summed E-state index contributed by atoms with van der Waals surface area (Å²) in [6.07, 6.45) is 1.32. The van der Waals surface area contributed by atoms with Gasteiger partial charge in [0.15, 0.2) is 5.96 Å². The number of ether oxygens (including phenoxy) is 2. The van der Waals surface area contributed by atoms with Crippen LogP contribution < -0.4 is 14.8 Å². The Hall–Kier alpha value is -1.22. The van der Waals surface area contributed by atoms with Crippen molar-refractivity contribution >= 4 is 29.9 Å². The average Bonchev–Trinajstić information content (AvgIpc) is 3.00. The van der Waals surface area contributed by atoms with Crippen LogP contribution in [0.4, 0.5) is 0 Å². The lowest BCUT2D eigenvalue weighted by atomic mass is 10.1. The van der Waals surface area contributed by atoms with Crippen LogP contribution in [0.15, 0.2) is 23.2 Å². The number of aliphatic hydroxyl groups excluding tert-OH is 1. The van der Waals surface area contributed by atoms with Crippen LogP contribution in [0.3, 0.4) is 0 Å². The normalized spacial score (nSPS) is 17.4. The molecule has 0 spiro atoms. The molecule has 1 aromatic rings. The minimum Gasteiger partial charge on any atom is -0.497 e. The molecule has 1 heterocycles. The number of hydrogen-bond acceptors (Lipinski definition) is 4. The van der Waals surface area contributed by atoms with Gasteiger partial charge in [0.2, 0.25) is 0 Å². The Morgan fingerprint density at radius 3 is 2.75 bits per heavy atom. The lowest BCUT2D eigenvalue weighted by Crippen LogP contribution is -2.40. The largest absolute Gasteiger partial charge is 0.497 e. The maximum Gasteiger partial charge on any atom is 0.194 e. The highest BCUT2D eigenvalue weighted by molar-refractivity contribution is 14.0. The first kappa shape index (κ1) is 20.8. The molecule has 2 N–H and O–H groups in total. The molecule has 0 aromatic heterocycles. The third-order valence-corrected chi connectivity index (χ3v) is 3.93. The number of nitrogens with zero attached hydrogens (tertiary/aromatic N) is 2. The number of benzene rings is 1. The number of rotatable bonds is 6. The fraction of sp³-hybridized carbons (Fsp3) is 0.588. The maximum absolute atomic E-state index is 9.69. The third kappa shape index (κ3) is 5.70. The van der Waals surface area contributed by atoms with Gasteiger partial charge >= 0.3 is 0 Å². The maximum atomic E-state index is 9.69. The van der Waals surface area contributed by atoms with Crippen molar-refractivity contribution in [2.45, 2.75) is 25.9 Å². The molecule has 1 aliphatic rings. The number of aliphatic hydroxyl groups is 1. The Kier molecular flexibility index (Phi) is 9.20. The number of aliphatic imine (C=N–C) groups is 1. The van der Waals surface area contributed by atoms with Crippen molar-refractivity contribution in [3.63, 3.8) is 0 Å². The van der Waals surface area contributed by atoms with E-state index < -0.39 is 0 Å². The van der Waals surface area contributed by atoms with Gasteiger partial charge in [-0.1, -0.05) is 0 Å². The van der Waals surface area contributed by atoms with Gasteiger partial charge in [-0.05, 0) is 43.5 Å². The minimum absolute atomic E-state index is 0. The van der Waals surface area contributed by atoms with E-state index in [-0.39, 0.29) is 30.1 Å². The molecular formula is C17H28IN3O3. The van der Waals surface area contributed by atoms with Crippen LogP contribution in [0.2, 0.25) is 0 Å². The van der Waals surface area contributed by atoms with E-state index in [1.165, 1.54) is 0 Å². The van der Waals surface area contributed by atoms with E-state index in [0.29, 0.717) is 13.1 Å². The van der Waals surface area contributed by atoms with Crippen molar-refractivity contribution in [2.24, 2.45) is 4.99 Å². The van der Waals surface area contributed by atoms with Gasteiger partial charge in [-0.15, -0.1) is 24.0 Å². The van der Waals surface area contributed by atoms with E-state index in [1.54, 1.807) is 14.2 Å². The summed E-state index contributed by atoms with van der Waals surface area (Å²) >= 11 is 0. The van der Waals surface area contributed by atoms with Crippen LogP contribution in [0, 0.1) is 0 Å². The minimum atomic E-state index is -0.252. The van der Waals surface area contributed by atoms with E-state index in [2.05, 4.69) is 15.2 Å². The van der Waals surface area contributed by atoms with Gasteiger partial charge < -0.3 is 24.8 Å². The second-order valence-corrected chi connectivity index (χ2v) is 5.55. The Balaban J connectivity index is 0.00000288. The molecule has 0 aliphatic carbocycles. The highest BCUT2D eigenvalue weighted by atomic mass is 127. The van der Waals surface area contributed by atoms with Crippen LogP contribution in [0.1, 0.15) is 18.9 Å². The van der Waals surface area contributed by atoms with Crippen LogP contribution in [-0.2, 0) is 6.42 Å². The Morgan fingerprint density at radius 2 is 2.17 bits per heavy atom. The molecule has 1 atom stereocenters. The van der Waals surface area contributed by atoms with Crippen molar-refractivity contribution in [1.29, 1.82) is 0 Å². The summed E-state index contributed by atoms with van der Waals surface area (Å²) in [5.74, 6) is 2.54. The first-order chi connectivity index (χ1) is 11.2. The summed E-state index contributed by atoms with van der Waals surface area (Å²) in [6.45, 7) is 5.00. The highest BCUT2D eigenvalue weighted by Gasteiger charge is 2.22. The van der Waals surface area contributed by atoms with Crippen molar-refractivity contribution in [1.82, 2.24) is 10.2 Å². The van der Waals surface area contributed by atoms with Crippen molar-refractivity contribution < 1.29 is 14.6 Å². The second kappa shape index (κ2) is 10.6. The lowest BCUT2D eigenvalue weighted by molar-refractivity contribution is 0.188. The molecular weight excluding hydrogens is 421 g/mol. The molecule has 1 aliphatic heterocycles. The van der Waals surface area contributed by atoms with E-state index in [0.717, 1.165) is 49.0 Å². The monoisotopic (exact) mass is 449 g/mol. The van der Waals surface area contributed by atoms with Gasteiger partial charge in [0.05, 0.1) is 20.3 Å². The van der Waals surface area contributed by atoms with E-state index in [9.17, 15) is 5.11 Å². The quantitative estimate of drug-likeness (QED) is 0.395. The topological polar surface area (TPSA) is 66.3 Å². The molecule has 0 unspecified atom stereocenters. The third-order valence-electron chi connectivity index (χ3n) is 3.93. The lowest BCUT2D eigenvalue weighted by Gasteiger charge is -2.21. The van der Waals surface area contributed by atoms with Crippen LogP contribution in [-0.4, -0.2) is 62.5 Å². The number of halogens is 1. The van der Waals surface area contributed by atoms with Crippen LogP contribution in [0.25, 0.3) is 0 Å². The molecule has 24 heavy (non-hydrogen) atoms. The molecule has 0 saturated carbocycles. The van der Waals surface area contributed by atoms with Gasteiger partial charge in [-0.2, -0.15) is 0 Å². The predicted molar refractivity (Wildman–Crippen MR) is 107 cm³/mol. The van der Waals surface area contributed by atoms with E-state index >= 15 is 0 Å². The SMILES string of the molecule is CCNC(=NCCc1cc(OC)ccc1OC)N1CC[C@@H](O)C1.I. The fourth-order valence-corrected chi connectivity index (χ4v) is 2.72. The molecule has 7 heteroatoms. The molecule has 0 amide bonds. The molecule has 0 bridgehead atoms. The first-order valence-electron chi connectivity index (χ1n) is 8.10. The zero-order valence-corrected chi connectivity index (χ0v) is 16.9. The number of hydrogen-bond donors (Lipinski definition) is 2. The Morgan fingerprint density at radius 1 is 1.38 bits per heavy atom. The number of nitrogens with one attached hydrogen (secondary N) is 1. The van der Waals surface area contributed by atoms with E-state index in [1.807, 2.05) is 25.1 Å². The summed E-state index contributed by atoms with van der Waals surface area (Å²) in [5, 5.41) is 13.0. The molecule has 1 aromatic carbocycles. The van der Waals surface area contributed by atoms with Crippen molar-refractivity contribution in [3.8, 4) is 11.5 Å². The number of likely N-dealkylation sites (tertiary alicyclic amines) is 1. The molecule has 1 fully saturated rings. The van der Waals surface area contributed by atoms with Gasteiger partial charge in [0.1, 0.15) is 11.5 Å². The van der Waals surface area contributed by atoms with Gasteiger partial charge in [-0.3, -0.25) is 4.99 Å².